The van der Waals surface area contributed by atoms with E-state index in [2.05, 4.69) is 0 Å². The highest BCUT2D eigenvalue weighted by atomic mass is 32.2. The molecule has 1 atom stereocenters. The normalized spacial score (nSPS) is 20.7. The standard InChI is InChI=1S/C16H22O4S/c1-4-20-15(18)16(10-21-3)7-5-6-11-8-13(17)14(19-2)9-12(11)16/h8-9,17H,4-7,10H2,1-3H3/t16-/m1/s1. The summed E-state index contributed by atoms with van der Waals surface area (Å²) in [7, 11) is 1.52. The summed E-state index contributed by atoms with van der Waals surface area (Å²) in [4.78, 5) is 12.6. The zero-order valence-corrected chi connectivity index (χ0v) is 13.6. The zero-order valence-electron chi connectivity index (χ0n) is 12.8. The number of carbonyl (C=O) groups excluding carboxylic acids is 1. The van der Waals surface area contributed by atoms with E-state index in [0.29, 0.717) is 18.1 Å². The van der Waals surface area contributed by atoms with E-state index >= 15 is 0 Å². The number of aromatic hydroxyl groups is 1. The average Bonchev–Trinajstić information content (AvgIpc) is 2.47. The van der Waals surface area contributed by atoms with Gasteiger partial charge >= 0.3 is 5.97 Å². The largest absolute Gasteiger partial charge is 0.504 e. The van der Waals surface area contributed by atoms with Gasteiger partial charge in [-0.2, -0.15) is 11.8 Å². The molecule has 1 aromatic carbocycles. The number of phenols is 1. The second-order valence-corrected chi connectivity index (χ2v) is 6.14. The molecule has 0 bridgehead atoms. The average molecular weight is 310 g/mol. The third-order valence-corrected chi connectivity index (χ3v) is 4.81. The number of hydrogen-bond donors (Lipinski definition) is 1. The third kappa shape index (κ3) is 2.84. The van der Waals surface area contributed by atoms with Gasteiger partial charge in [-0.1, -0.05) is 0 Å². The maximum absolute atomic E-state index is 12.6. The van der Waals surface area contributed by atoms with E-state index in [9.17, 15) is 9.90 Å². The number of rotatable bonds is 5. The number of thioether (sulfide) groups is 1. The van der Waals surface area contributed by atoms with Gasteiger partial charge in [0.05, 0.1) is 13.7 Å². The van der Waals surface area contributed by atoms with Crippen LogP contribution in [0.2, 0.25) is 0 Å². The fraction of sp³-hybridized carbons (Fsp3) is 0.562. The summed E-state index contributed by atoms with van der Waals surface area (Å²) in [6, 6.07) is 3.53. The molecule has 0 aliphatic heterocycles. The van der Waals surface area contributed by atoms with Gasteiger partial charge in [0.15, 0.2) is 11.5 Å². The van der Waals surface area contributed by atoms with Gasteiger partial charge in [0, 0.05) is 5.75 Å². The van der Waals surface area contributed by atoms with Crippen LogP contribution in [-0.4, -0.2) is 36.8 Å². The van der Waals surface area contributed by atoms with Gasteiger partial charge in [0.25, 0.3) is 0 Å². The van der Waals surface area contributed by atoms with E-state index < -0.39 is 5.41 Å². The number of esters is 1. The van der Waals surface area contributed by atoms with Crippen LogP contribution in [0.1, 0.15) is 30.9 Å². The summed E-state index contributed by atoms with van der Waals surface area (Å²) in [5, 5.41) is 9.96. The highest BCUT2D eigenvalue weighted by molar-refractivity contribution is 7.98. The maximum atomic E-state index is 12.6. The van der Waals surface area contributed by atoms with Gasteiger partial charge in [0.2, 0.25) is 0 Å². The number of fused-ring (bicyclic) bond motifs is 1. The van der Waals surface area contributed by atoms with Crippen LogP contribution in [-0.2, 0) is 21.4 Å². The highest BCUT2D eigenvalue weighted by Crippen LogP contribution is 2.44. The number of hydrogen-bond acceptors (Lipinski definition) is 5. The summed E-state index contributed by atoms with van der Waals surface area (Å²) in [5.41, 5.74) is 1.32. The fourth-order valence-corrected chi connectivity index (χ4v) is 3.99. The van der Waals surface area contributed by atoms with Crippen molar-refractivity contribution in [2.75, 3.05) is 25.7 Å². The molecule has 0 heterocycles. The topological polar surface area (TPSA) is 55.8 Å². The van der Waals surface area contributed by atoms with E-state index in [-0.39, 0.29) is 11.7 Å². The Labute approximate surface area is 129 Å². The van der Waals surface area contributed by atoms with Gasteiger partial charge < -0.3 is 14.6 Å². The molecule has 116 valence electrons. The number of phenolic OH excluding ortho intramolecular Hbond substituents is 1. The van der Waals surface area contributed by atoms with Crippen molar-refractivity contribution in [2.45, 2.75) is 31.6 Å². The van der Waals surface area contributed by atoms with Crippen molar-refractivity contribution in [3.05, 3.63) is 23.3 Å². The van der Waals surface area contributed by atoms with Crippen molar-refractivity contribution in [1.82, 2.24) is 0 Å². The second-order valence-electron chi connectivity index (χ2n) is 5.27. The zero-order chi connectivity index (χ0) is 15.5. The Hall–Kier alpha value is -1.36. The lowest BCUT2D eigenvalue weighted by atomic mass is 9.71. The number of carbonyl (C=O) groups is 1. The van der Waals surface area contributed by atoms with Gasteiger partial charge in [-0.05, 0) is 55.7 Å². The highest BCUT2D eigenvalue weighted by Gasteiger charge is 2.44. The molecule has 1 N–H and O–H groups in total. The summed E-state index contributed by atoms with van der Waals surface area (Å²) >= 11 is 1.64. The summed E-state index contributed by atoms with van der Waals surface area (Å²) in [6.45, 7) is 2.20. The van der Waals surface area contributed by atoms with Crippen LogP contribution >= 0.6 is 11.8 Å². The molecule has 4 nitrogen and oxygen atoms in total. The Balaban J connectivity index is 2.57. The number of methoxy groups -OCH3 is 1. The Bertz CT molecular complexity index is 529. The lowest BCUT2D eigenvalue weighted by Crippen LogP contribution is -2.43. The Morgan fingerprint density at radius 2 is 2.24 bits per heavy atom. The first kappa shape index (κ1) is 16.0. The van der Waals surface area contributed by atoms with Crippen LogP contribution in [0.5, 0.6) is 11.5 Å². The summed E-state index contributed by atoms with van der Waals surface area (Å²) < 4.78 is 10.6. The van der Waals surface area contributed by atoms with Gasteiger partial charge in [-0.15, -0.1) is 0 Å². The van der Waals surface area contributed by atoms with Gasteiger partial charge in [-0.25, -0.2) is 0 Å². The van der Waals surface area contributed by atoms with E-state index in [4.69, 9.17) is 9.47 Å². The minimum absolute atomic E-state index is 0.125. The Morgan fingerprint density at radius 3 is 2.86 bits per heavy atom. The molecule has 2 rings (SSSR count). The molecule has 0 fully saturated rings. The molecule has 0 radical (unpaired) electrons. The van der Waals surface area contributed by atoms with Crippen molar-refractivity contribution in [2.24, 2.45) is 0 Å². The summed E-state index contributed by atoms with van der Waals surface area (Å²) in [6.07, 6.45) is 4.54. The van der Waals surface area contributed by atoms with Crippen LogP contribution in [0.15, 0.2) is 12.1 Å². The molecule has 1 aliphatic rings. The molecule has 0 spiro atoms. The predicted octanol–water partition coefficient (Wildman–Crippen LogP) is 2.90. The van der Waals surface area contributed by atoms with Crippen LogP contribution in [0.3, 0.4) is 0 Å². The van der Waals surface area contributed by atoms with Crippen LogP contribution in [0.4, 0.5) is 0 Å². The first-order chi connectivity index (χ1) is 10.1. The first-order valence-corrected chi connectivity index (χ1v) is 8.55. The fourth-order valence-electron chi connectivity index (χ4n) is 3.08. The van der Waals surface area contributed by atoms with Gasteiger partial charge in [-0.3, -0.25) is 4.79 Å². The van der Waals surface area contributed by atoms with Crippen LogP contribution < -0.4 is 4.74 Å². The predicted molar refractivity (Wildman–Crippen MR) is 84.3 cm³/mol. The molecule has 5 heteroatoms. The molecular weight excluding hydrogens is 288 g/mol. The molecule has 1 aromatic rings. The minimum Gasteiger partial charge on any atom is -0.504 e. The molecule has 0 saturated carbocycles. The molecule has 0 aromatic heterocycles. The smallest absolute Gasteiger partial charge is 0.317 e. The van der Waals surface area contributed by atoms with Crippen molar-refractivity contribution in [3.8, 4) is 11.5 Å². The lowest BCUT2D eigenvalue weighted by Gasteiger charge is -2.36. The molecule has 0 unspecified atom stereocenters. The molecular formula is C16H22O4S. The quantitative estimate of drug-likeness (QED) is 0.848. The van der Waals surface area contributed by atoms with Crippen molar-refractivity contribution >= 4 is 17.7 Å². The summed E-state index contributed by atoms with van der Waals surface area (Å²) in [5.74, 6) is 1.03. The van der Waals surface area contributed by atoms with Crippen LogP contribution in [0, 0.1) is 0 Å². The number of ether oxygens (including phenoxy) is 2. The van der Waals surface area contributed by atoms with Crippen molar-refractivity contribution < 1.29 is 19.4 Å². The van der Waals surface area contributed by atoms with E-state index in [1.165, 1.54) is 7.11 Å². The van der Waals surface area contributed by atoms with Crippen molar-refractivity contribution in [1.29, 1.82) is 0 Å². The van der Waals surface area contributed by atoms with E-state index in [1.54, 1.807) is 23.9 Å². The minimum atomic E-state index is -0.635. The van der Waals surface area contributed by atoms with Crippen LogP contribution in [0.25, 0.3) is 0 Å². The monoisotopic (exact) mass is 310 g/mol. The SMILES string of the molecule is CCOC(=O)[C@@]1(CSC)CCCc2cc(O)c(OC)cc21. The van der Waals surface area contributed by atoms with E-state index in [0.717, 1.165) is 30.4 Å². The first-order valence-electron chi connectivity index (χ1n) is 7.15. The third-order valence-electron chi connectivity index (χ3n) is 4.03. The number of benzene rings is 1. The molecule has 1 aliphatic carbocycles. The lowest BCUT2D eigenvalue weighted by molar-refractivity contribution is -0.149. The second kappa shape index (κ2) is 6.60. The van der Waals surface area contributed by atoms with Crippen molar-refractivity contribution in [3.63, 3.8) is 0 Å². The molecule has 0 amide bonds. The Kier molecular flexibility index (Phi) is 5.04. The van der Waals surface area contributed by atoms with Gasteiger partial charge in [0.1, 0.15) is 5.41 Å². The Morgan fingerprint density at radius 1 is 1.48 bits per heavy atom. The maximum Gasteiger partial charge on any atom is 0.317 e. The molecule has 0 saturated heterocycles. The molecule has 21 heavy (non-hydrogen) atoms. The van der Waals surface area contributed by atoms with E-state index in [1.807, 2.05) is 13.2 Å². The number of aryl methyl sites for hydroxylation is 1.